The third-order valence-corrected chi connectivity index (χ3v) is 7.48. The second kappa shape index (κ2) is 16.4. The van der Waals surface area contributed by atoms with Crippen molar-refractivity contribution in [3.63, 3.8) is 0 Å². The first-order valence-electron chi connectivity index (χ1n) is 15.4. The van der Waals surface area contributed by atoms with Crippen LogP contribution in [-0.2, 0) is 9.47 Å². The fraction of sp³-hybridized carbons (Fsp3) is 0.457. The van der Waals surface area contributed by atoms with E-state index in [4.69, 9.17) is 18.9 Å². The van der Waals surface area contributed by atoms with E-state index in [9.17, 15) is 31.1 Å². The van der Waals surface area contributed by atoms with Crippen molar-refractivity contribution in [2.75, 3.05) is 33.0 Å². The highest BCUT2D eigenvalue weighted by atomic mass is 19.4. The number of hydrogen-bond acceptors (Lipinski definition) is 6. The molecule has 0 N–H and O–H groups in total. The first kappa shape index (κ1) is 36.1. The van der Waals surface area contributed by atoms with E-state index in [-0.39, 0.29) is 11.2 Å². The van der Waals surface area contributed by atoms with Gasteiger partial charge in [0.2, 0.25) is 0 Å². The summed E-state index contributed by atoms with van der Waals surface area (Å²) >= 11 is 0. The molecule has 0 radical (unpaired) electrons. The van der Waals surface area contributed by atoms with Gasteiger partial charge >= 0.3 is 18.3 Å². The Balaban J connectivity index is 1.12. The second-order valence-electron chi connectivity index (χ2n) is 11.9. The smallest absolute Gasteiger partial charge is 0.439 e. The number of hydrogen-bond donors (Lipinski definition) is 0. The quantitative estimate of drug-likeness (QED) is 0.0583. The number of rotatable bonds is 18. The average Bonchev–Trinajstić information content (AvgIpc) is 3.03. The number of carbonyl (C=O) groups is 1. The van der Waals surface area contributed by atoms with Gasteiger partial charge in [0, 0.05) is 12.0 Å². The molecule has 1 fully saturated rings. The maximum absolute atomic E-state index is 13.5. The summed E-state index contributed by atoms with van der Waals surface area (Å²) < 4.78 is 103. The van der Waals surface area contributed by atoms with Gasteiger partial charge < -0.3 is 23.7 Å². The lowest BCUT2D eigenvalue weighted by molar-refractivity contribution is -0.304. The molecule has 1 aliphatic rings. The van der Waals surface area contributed by atoms with E-state index in [1.54, 1.807) is 36.4 Å². The highest BCUT2D eigenvalue weighted by molar-refractivity contribution is 5.91. The highest BCUT2D eigenvalue weighted by Crippen LogP contribution is 2.37. The standard InChI is InChI=1S/C35H38F6O6/c1-33(23-44-24-33)22-43-20-6-4-2-3-5-7-21-45-28-14-12-27(13-15-28)31(42)46-29-16-8-25(9-17-29)26-10-18-30(19-11-26)47-35(40,41)32(36)34(37,38)39/h8-19,32H,2-7,20-24H2,1H3. The Hall–Kier alpha value is -3.77. The summed E-state index contributed by atoms with van der Waals surface area (Å²) in [6.07, 6.45) is -8.80. The molecule has 256 valence electrons. The number of halogens is 6. The van der Waals surface area contributed by atoms with Crippen molar-refractivity contribution >= 4 is 5.97 Å². The molecule has 0 bridgehead atoms. The molecule has 3 aromatic carbocycles. The SMILES string of the molecule is CC1(COCCCCCCCCOc2ccc(C(=O)Oc3ccc(-c4ccc(OC(F)(F)C(F)C(F)(F)F)cc4)cc3)cc2)COC1. The van der Waals surface area contributed by atoms with E-state index < -0.39 is 30.2 Å². The number of alkyl halides is 6. The molecule has 3 aromatic rings. The van der Waals surface area contributed by atoms with Gasteiger partial charge in [-0.2, -0.15) is 22.0 Å². The molecule has 0 saturated carbocycles. The van der Waals surface area contributed by atoms with Gasteiger partial charge in [0.1, 0.15) is 17.2 Å². The van der Waals surface area contributed by atoms with Crippen molar-refractivity contribution in [1.29, 1.82) is 0 Å². The van der Waals surface area contributed by atoms with Crippen LogP contribution in [0.3, 0.4) is 0 Å². The van der Waals surface area contributed by atoms with Crippen LogP contribution in [0.15, 0.2) is 72.8 Å². The summed E-state index contributed by atoms with van der Waals surface area (Å²) in [6, 6.07) is 17.5. The Kier molecular flexibility index (Phi) is 12.6. The Morgan fingerprint density at radius 1 is 0.745 bits per heavy atom. The fourth-order valence-corrected chi connectivity index (χ4v) is 4.74. The molecule has 0 spiro atoms. The van der Waals surface area contributed by atoms with Crippen LogP contribution >= 0.6 is 0 Å². The number of carbonyl (C=O) groups excluding carboxylic acids is 1. The van der Waals surface area contributed by atoms with Crippen molar-refractivity contribution in [3.8, 4) is 28.4 Å². The Morgan fingerprint density at radius 3 is 1.79 bits per heavy atom. The molecule has 4 rings (SSSR count). The maximum atomic E-state index is 13.5. The van der Waals surface area contributed by atoms with Crippen LogP contribution in [0, 0.1) is 5.41 Å². The van der Waals surface area contributed by atoms with Gasteiger partial charge in [-0.1, -0.05) is 56.9 Å². The minimum Gasteiger partial charge on any atom is -0.494 e. The van der Waals surface area contributed by atoms with Crippen molar-refractivity contribution in [2.24, 2.45) is 5.41 Å². The molecule has 1 saturated heterocycles. The lowest BCUT2D eigenvalue weighted by atomic mass is 9.90. The minimum atomic E-state index is -5.77. The molecule has 1 heterocycles. The summed E-state index contributed by atoms with van der Waals surface area (Å²) in [4.78, 5) is 12.6. The summed E-state index contributed by atoms with van der Waals surface area (Å²) in [6.45, 7) is 5.90. The van der Waals surface area contributed by atoms with Gasteiger partial charge in [0.25, 0.3) is 6.17 Å². The monoisotopic (exact) mass is 668 g/mol. The average molecular weight is 669 g/mol. The van der Waals surface area contributed by atoms with Gasteiger partial charge in [-0.15, -0.1) is 0 Å². The first-order chi connectivity index (χ1) is 22.3. The molecule has 1 unspecified atom stereocenters. The van der Waals surface area contributed by atoms with Crippen LogP contribution < -0.4 is 14.2 Å². The van der Waals surface area contributed by atoms with Gasteiger partial charge in [0.15, 0.2) is 0 Å². The van der Waals surface area contributed by atoms with Crippen LogP contribution in [-0.4, -0.2) is 57.5 Å². The van der Waals surface area contributed by atoms with E-state index in [0.717, 1.165) is 77.1 Å². The fourth-order valence-electron chi connectivity index (χ4n) is 4.74. The summed E-state index contributed by atoms with van der Waals surface area (Å²) in [5.74, 6) is -0.307. The molecule has 1 aliphatic heterocycles. The molecular formula is C35H38F6O6. The zero-order chi connectivity index (χ0) is 33.9. The first-order valence-corrected chi connectivity index (χ1v) is 15.4. The molecule has 0 aromatic heterocycles. The predicted octanol–water partition coefficient (Wildman–Crippen LogP) is 9.22. The van der Waals surface area contributed by atoms with Crippen LogP contribution in [0.1, 0.15) is 55.8 Å². The molecule has 0 aliphatic carbocycles. The Labute approximate surface area is 269 Å². The van der Waals surface area contributed by atoms with Gasteiger partial charge in [0.05, 0.1) is 32.0 Å². The van der Waals surface area contributed by atoms with Gasteiger partial charge in [-0.05, 0) is 72.5 Å². The van der Waals surface area contributed by atoms with Crippen molar-refractivity contribution < 1.29 is 54.8 Å². The number of benzene rings is 3. The van der Waals surface area contributed by atoms with E-state index >= 15 is 0 Å². The zero-order valence-corrected chi connectivity index (χ0v) is 26.0. The van der Waals surface area contributed by atoms with E-state index in [1.165, 1.54) is 24.3 Å². The number of unbranched alkanes of at least 4 members (excludes halogenated alkanes) is 5. The van der Waals surface area contributed by atoms with Gasteiger partial charge in [-0.25, -0.2) is 9.18 Å². The third-order valence-electron chi connectivity index (χ3n) is 7.48. The van der Waals surface area contributed by atoms with Crippen LogP contribution in [0.5, 0.6) is 17.2 Å². The van der Waals surface area contributed by atoms with E-state index in [2.05, 4.69) is 11.7 Å². The zero-order valence-electron chi connectivity index (χ0n) is 26.0. The predicted molar refractivity (Wildman–Crippen MR) is 163 cm³/mol. The molecule has 1 atom stereocenters. The van der Waals surface area contributed by atoms with Crippen LogP contribution in [0.2, 0.25) is 0 Å². The highest BCUT2D eigenvalue weighted by Gasteiger charge is 2.59. The lowest BCUT2D eigenvalue weighted by Gasteiger charge is -2.37. The molecule has 47 heavy (non-hydrogen) atoms. The summed E-state index contributed by atoms with van der Waals surface area (Å²) in [7, 11) is 0. The maximum Gasteiger partial charge on any atom is 0.439 e. The largest absolute Gasteiger partial charge is 0.494 e. The normalized spacial score (nSPS) is 15.0. The van der Waals surface area contributed by atoms with Crippen molar-refractivity contribution in [1.82, 2.24) is 0 Å². The van der Waals surface area contributed by atoms with E-state index in [0.29, 0.717) is 29.0 Å². The Morgan fingerprint density at radius 2 is 1.26 bits per heavy atom. The molecular weight excluding hydrogens is 630 g/mol. The minimum absolute atomic E-state index is 0.202. The number of ether oxygens (including phenoxy) is 5. The summed E-state index contributed by atoms with van der Waals surface area (Å²) in [5.41, 5.74) is 1.63. The molecule has 6 nitrogen and oxygen atoms in total. The van der Waals surface area contributed by atoms with Crippen LogP contribution in [0.25, 0.3) is 11.1 Å². The lowest BCUT2D eigenvalue weighted by Crippen LogP contribution is -2.45. The van der Waals surface area contributed by atoms with Crippen molar-refractivity contribution in [3.05, 3.63) is 78.4 Å². The number of esters is 1. The van der Waals surface area contributed by atoms with Crippen molar-refractivity contribution in [2.45, 2.75) is 63.9 Å². The topological polar surface area (TPSA) is 63.2 Å². The summed E-state index contributed by atoms with van der Waals surface area (Å²) in [5, 5.41) is 0. The third kappa shape index (κ3) is 11.2. The van der Waals surface area contributed by atoms with E-state index in [1.807, 2.05) is 0 Å². The molecule has 0 amide bonds. The van der Waals surface area contributed by atoms with Crippen LogP contribution in [0.4, 0.5) is 26.3 Å². The second-order valence-corrected chi connectivity index (χ2v) is 11.9. The Bertz CT molecular complexity index is 1390. The molecule has 12 heteroatoms. The van der Waals surface area contributed by atoms with Gasteiger partial charge in [-0.3, -0.25) is 0 Å².